The van der Waals surface area contributed by atoms with Gasteiger partial charge in [0.2, 0.25) is 5.91 Å². The summed E-state index contributed by atoms with van der Waals surface area (Å²) >= 11 is 0. The van der Waals surface area contributed by atoms with E-state index in [1.165, 1.54) is 5.56 Å². The SMILES string of the molecule is CCc1ccc(NC(=O)CC(C)N)cc1.Cl. The first-order chi connectivity index (χ1) is 7.11. The standard InChI is InChI=1S/C12H18N2O.ClH/c1-3-10-4-6-11(7-5-10)14-12(15)8-9(2)13;/h4-7,9H,3,8,13H2,1-2H3,(H,14,15);1H. The quantitative estimate of drug-likeness (QED) is 0.852. The summed E-state index contributed by atoms with van der Waals surface area (Å²) in [6, 6.07) is 7.76. The van der Waals surface area contributed by atoms with E-state index in [1.54, 1.807) is 0 Å². The molecular formula is C12H19ClN2O. The first kappa shape index (κ1) is 14.9. The van der Waals surface area contributed by atoms with Crippen LogP contribution in [0.5, 0.6) is 0 Å². The Morgan fingerprint density at radius 3 is 2.38 bits per heavy atom. The van der Waals surface area contributed by atoms with Crippen LogP contribution in [0.25, 0.3) is 0 Å². The predicted molar refractivity (Wildman–Crippen MR) is 70.0 cm³/mol. The van der Waals surface area contributed by atoms with E-state index in [0.29, 0.717) is 6.42 Å². The van der Waals surface area contributed by atoms with E-state index in [0.717, 1.165) is 12.1 Å². The molecule has 0 heterocycles. The van der Waals surface area contributed by atoms with Crippen LogP contribution >= 0.6 is 12.4 Å². The largest absolute Gasteiger partial charge is 0.327 e. The summed E-state index contributed by atoms with van der Waals surface area (Å²) < 4.78 is 0. The van der Waals surface area contributed by atoms with Crippen molar-refractivity contribution in [1.82, 2.24) is 0 Å². The van der Waals surface area contributed by atoms with Crippen molar-refractivity contribution in [2.45, 2.75) is 32.7 Å². The van der Waals surface area contributed by atoms with Crippen molar-refractivity contribution < 1.29 is 4.79 Å². The van der Waals surface area contributed by atoms with Gasteiger partial charge in [-0.3, -0.25) is 4.79 Å². The van der Waals surface area contributed by atoms with Crippen molar-refractivity contribution in [2.75, 3.05) is 5.32 Å². The van der Waals surface area contributed by atoms with Crippen molar-refractivity contribution in [3.8, 4) is 0 Å². The molecule has 1 unspecified atom stereocenters. The molecule has 16 heavy (non-hydrogen) atoms. The fraction of sp³-hybridized carbons (Fsp3) is 0.417. The molecule has 0 aromatic heterocycles. The third-order valence-electron chi connectivity index (χ3n) is 2.15. The maximum atomic E-state index is 11.4. The second kappa shape index (κ2) is 7.25. The van der Waals surface area contributed by atoms with Gasteiger partial charge < -0.3 is 11.1 Å². The van der Waals surface area contributed by atoms with E-state index < -0.39 is 0 Å². The molecule has 1 aromatic rings. The number of anilines is 1. The topological polar surface area (TPSA) is 55.1 Å². The lowest BCUT2D eigenvalue weighted by Gasteiger charge is -2.07. The van der Waals surface area contributed by atoms with Crippen LogP contribution in [0.3, 0.4) is 0 Å². The molecule has 1 atom stereocenters. The van der Waals surface area contributed by atoms with Crippen molar-refractivity contribution >= 4 is 24.0 Å². The van der Waals surface area contributed by atoms with E-state index in [1.807, 2.05) is 31.2 Å². The summed E-state index contributed by atoms with van der Waals surface area (Å²) in [6.45, 7) is 3.92. The first-order valence-corrected chi connectivity index (χ1v) is 5.26. The lowest BCUT2D eigenvalue weighted by atomic mass is 10.1. The van der Waals surface area contributed by atoms with Gasteiger partial charge in [-0.15, -0.1) is 12.4 Å². The van der Waals surface area contributed by atoms with Crippen LogP contribution in [0.2, 0.25) is 0 Å². The molecule has 0 aliphatic heterocycles. The molecule has 0 fully saturated rings. The molecule has 1 rings (SSSR count). The molecule has 3 nitrogen and oxygen atoms in total. The van der Waals surface area contributed by atoms with Crippen LogP contribution in [0, 0.1) is 0 Å². The second-order valence-electron chi connectivity index (χ2n) is 3.78. The van der Waals surface area contributed by atoms with Gasteiger partial charge in [0.05, 0.1) is 0 Å². The van der Waals surface area contributed by atoms with Crippen LogP contribution in [0.4, 0.5) is 5.69 Å². The zero-order valence-corrected chi connectivity index (χ0v) is 10.5. The van der Waals surface area contributed by atoms with Gasteiger partial charge in [-0.05, 0) is 31.0 Å². The minimum Gasteiger partial charge on any atom is -0.327 e. The number of nitrogens with one attached hydrogen (secondary N) is 1. The fourth-order valence-corrected chi connectivity index (χ4v) is 1.33. The molecule has 4 heteroatoms. The number of carbonyl (C=O) groups excluding carboxylic acids is 1. The number of hydrogen-bond acceptors (Lipinski definition) is 2. The Morgan fingerprint density at radius 2 is 1.94 bits per heavy atom. The average Bonchev–Trinajstić information content (AvgIpc) is 2.17. The highest BCUT2D eigenvalue weighted by atomic mass is 35.5. The molecule has 0 aliphatic carbocycles. The van der Waals surface area contributed by atoms with Gasteiger partial charge in [0, 0.05) is 18.2 Å². The van der Waals surface area contributed by atoms with Crippen LogP contribution < -0.4 is 11.1 Å². The summed E-state index contributed by atoms with van der Waals surface area (Å²) in [4.78, 5) is 11.4. The Labute approximate surface area is 103 Å². The van der Waals surface area contributed by atoms with Crippen molar-refractivity contribution in [1.29, 1.82) is 0 Å². The van der Waals surface area contributed by atoms with Gasteiger partial charge in [-0.25, -0.2) is 0 Å². The monoisotopic (exact) mass is 242 g/mol. The molecular weight excluding hydrogens is 224 g/mol. The molecule has 90 valence electrons. The minimum atomic E-state index is -0.0973. The van der Waals surface area contributed by atoms with Gasteiger partial charge in [0.15, 0.2) is 0 Å². The summed E-state index contributed by atoms with van der Waals surface area (Å²) in [5.74, 6) is -0.0331. The molecule has 0 saturated heterocycles. The number of carbonyl (C=O) groups is 1. The lowest BCUT2D eigenvalue weighted by Crippen LogP contribution is -2.23. The van der Waals surface area contributed by atoms with E-state index in [2.05, 4.69) is 12.2 Å². The van der Waals surface area contributed by atoms with E-state index in [-0.39, 0.29) is 24.4 Å². The Bertz CT molecular complexity index is 322. The number of aryl methyl sites for hydroxylation is 1. The summed E-state index contributed by atoms with van der Waals surface area (Å²) in [5.41, 5.74) is 7.63. The number of rotatable bonds is 4. The van der Waals surface area contributed by atoms with Gasteiger partial charge >= 0.3 is 0 Å². The van der Waals surface area contributed by atoms with E-state index >= 15 is 0 Å². The maximum Gasteiger partial charge on any atom is 0.225 e. The molecule has 0 saturated carbocycles. The Kier molecular flexibility index (Phi) is 6.77. The average molecular weight is 243 g/mol. The number of hydrogen-bond donors (Lipinski definition) is 2. The van der Waals surface area contributed by atoms with Gasteiger partial charge in [-0.1, -0.05) is 19.1 Å². The fourth-order valence-electron chi connectivity index (χ4n) is 1.33. The molecule has 3 N–H and O–H groups in total. The highest BCUT2D eigenvalue weighted by Crippen LogP contribution is 2.10. The predicted octanol–water partition coefficient (Wildman–Crippen LogP) is 2.35. The maximum absolute atomic E-state index is 11.4. The number of benzene rings is 1. The summed E-state index contributed by atoms with van der Waals surface area (Å²) in [5, 5.41) is 2.81. The van der Waals surface area contributed by atoms with Crippen LogP contribution in [0.15, 0.2) is 24.3 Å². The number of nitrogens with two attached hydrogens (primary N) is 1. The van der Waals surface area contributed by atoms with Gasteiger partial charge in [0.1, 0.15) is 0 Å². The zero-order chi connectivity index (χ0) is 11.3. The third-order valence-corrected chi connectivity index (χ3v) is 2.15. The summed E-state index contributed by atoms with van der Waals surface area (Å²) in [6.07, 6.45) is 1.36. The molecule has 0 radical (unpaired) electrons. The van der Waals surface area contributed by atoms with E-state index in [9.17, 15) is 4.79 Å². The van der Waals surface area contributed by atoms with Crippen LogP contribution in [0.1, 0.15) is 25.8 Å². The summed E-state index contributed by atoms with van der Waals surface area (Å²) in [7, 11) is 0. The molecule has 0 spiro atoms. The third kappa shape index (κ3) is 5.14. The normalized spacial score (nSPS) is 11.4. The number of halogens is 1. The van der Waals surface area contributed by atoms with Crippen molar-refractivity contribution in [2.24, 2.45) is 5.73 Å². The van der Waals surface area contributed by atoms with Crippen LogP contribution in [-0.4, -0.2) is 11.9 Å². The zero-order valence-electron chi connectivity index (χ0n) is 9.69. The Balaban J connectivity index is 0.00000225. The molecule has 0 aliphatic rings. The first-order valence-electron chi connectivity index (χ1n) is 5.26. The van der Waals surface area contributed by atoms with Gasteiger partial charge in [-0.2, -0.15) is 0 Å². The molecule has 1 amide bonds. The Morgan fingerprint density at radius 1 is 1.38 bits per heavy atom. The number of amides is 1. The highest BCUT2D eigenvalue weighted by molar-refractivity contribution is 5.91. The lowest BCUT2D eigenvalue weighted by molar-refractivity contribution is -0.116. The smallest absolute Gasteiger partial charge is 0.225 e. The van der Waals surface area contributed by atoms with Crippen LogP contribution in [-0.2, 0) is 11.2 Å². The second-order valence-corrected chi connectivity index (χ2v) is 3.78. The Hall–Kier alpha value is -1.06. The van der Waals surface area contributed by atoms with E-state index in [4.69, 9.17) is 5.73 Å². The van der Waals surface area contributed by atoms with Gasteiger partial charge in [0.25, 0.3) is 0 Å². The van der Waals surface area contributed by atoms with Crippen molar-refractivity contribution in [3.63, 3.8) is 0 Å². The highest BCUT2D eigenvalue weighted by Gasteiger charge is 2.04. The minimum absolute atomic E-state index is 0. The van der Waals surface area contributed by atoms with Crippen molar-refractivity contribution in [3.05, 3.63) is 29.8 Å². The molecule has 0 bridgehead atoms. The molecule has 1 aromatic carbocycles.